The fraction of sp³-hybridized carbons (Fsp3) is 0.280. The van der Waals surface area contributed by atoms with Crippen molar-refractivity contribution in [2.24, 2.45) is 0 Å². The number of thioether (sulfide) groups is 1. The lowest BCUT2D eigenvalue weighted by Gasteiger charge is -2.19. The summed E-state index contributed by atoms with van der Waals surface area (Å²) in [6, 6.07) is 15.5. The normalized spacial score (nSPS) is 16.6. The number of carbonyl (C=O) groups is 3. The molecule has 1 saturated heterocycles. The monoisotopic (exact) mass is 509 g/mol. The maximum Gasteiger partial charge on any atom is 0.407 e. The molecule has 10 heteroatoms. The van der Waals surface area contributed by atoms with Gasteiger partial charge in [-0.15, -0.1) is 23.1 Å². The van der Waals surface area contributed by atoms with Crippen LogP contribution >= 0.6 is 23.1 Å². The van der Waals surface area contributed by atoms with Crippen molar-refractivity contribution in [3.05, 3.63) is 75.7 Å². The number of aromatic nitrogens is 1. The number of fused-ring (bicyclic) bond motifs is 3. The quantitative estimate of drug-likeness (QED) is 0.500. The van der Waals surface area contributed by atoms with E-state index in [0.717, 1.165) is 11.1 Å². The van der Waals surface area contributed by atoms with Gasteiger partial charge in [0.2, 0.25) is 5.91 Å². The first-order chi connectivity index (χ1) is 17.0. The highest BCUT2D eigenvalue weighted by atomic mass is 32.2. The number of nitrogens with zero attached hydrogens (tertiary/aromatic N) is 2. The van der Waals surface area contributed by atoms with Crippen molar-refractivity contribution in [1.82, 2.24) is 15.2 Å². The van der Waals surface area contributed by atoms with Gasteiger partial charge in [-0.05, 0) is 22.3 Å². The molecular formula is C25H23N3O5S2. The summed E-state index contributed by atoms with van der Waals surface area (Å²) in [7, 11) is 0. The Bertz CT molecular complexity index is 1230. The van der Waals surface area contributed by atoms with E-state index in [-0.39, 0.29) is 31.4 Å². The lowest BCUT2D eigenvalue weighted by Crippen LogP contribution is -2.42. The van der Waals surface area contributed by atoms with Crippen LogP contribution in [0.5, 0.6) is 0 Å². The minimum atomic E-state index is -0.991. The summed E-state index contributed by atoms with van der Waals surface area (Å²) >= 11 is 2.76. The first-order valence-corrected chi connectivity index (χ1v) is 13.2. The molecule has 3 aromatic rings. The van der Waals surface area contributed by atoms with Crippen molar-refractivity contribution in [2.45, 2.75) is 24.9 Å². The Balaban J connectivity index is 1.13. The van der Waals surface area contributed by atoms with Crippen LogP contribution < -0.4 is 5.32 Å². The molecule has 1 aliphatic carbocycles. The van der Waals surface area contributed by atoms with E-state index in [1.54, 1.807) is 5.38 Å². The van der Waals surface area contributed by atoms with Crippen LogP contribution in [-0.2, 0) is 27.3 Å². The van der Waals surface area contributed by atoms with Gasteiger partial charge in [-0.2, -0.15) is 0 Å². The highest BCUT2D eigenvalue weighted by Crippen LogP contribution is 2.44. The third-order valence-electron chi connectivity index (χ3n) is 6.15. The summed E-state index contributed by atoms with van der Waals surface area (Å²) in [6.45, 7) is 0.420. The fourth-order valence-corrected chi connectivity index (χ4v) is 6.36. The molecule has 2 N–H and O–H groups in total. The molecule has 180 valence electrons. The Morgan fingerprint density at radius 2 is 1.77 bits per heavy atom. The summed E-state index contributed by atoms with van der Waals surface area (Å²) in [5, 5.41) is 14.4. The van der Waals surface area contributed by atoms with Gasteiger partial charge in [0.05, 0.1) is 24.5 Å². The number of thiazole rings is 1. The number of carbonyl (C=O) groups excluding carboxylic acids is 2. The fourth-order valence-electron chi connectivity index (χ4n) is 4.46. The average Bonchev–Trinajstić information content (AvgIpc) is 3.59. The van der Waals surface area contributed by atoms with Gasteiger partial charge in [0.1, 0.15) is 17.7 Å². The number of amides is 2. The number of nitrogens with one attached hydrogen (secondary N) is 1. The van der Waals surface area contributed by atoms with E-state index in [0.29, 0.717) is 22.3 Å². The Labute approximate surface area is 210 Å². The van der Waals surface area contributed by atoms with Crippen molar-refractivity contribution in [1.29, 1.82) is 0 Å². The molecule has 2 aliphatic rings. The number of alkyl carbamates (subject to hydrolysis) is 1. The van der Waals surface area contributed by atoms with Gasteiger partial charge < -0.3 is 20.1 Å². The molecule has 1 aromatic heterocycles. The van der Waals surface area contributed by atoms with E-state index < -0.39 is 18.1 Å². The number of benzene rings is 2. The number of ether oxygens (including phenoxy) is 1. The number of carboxylic acids is 1. The molecule has 0 unspecified atom stereocenters. The molecule has 0 spiro atoms. The number of aliphatic carboxylic acids is 1. The third-order valence-corrected chi connectivity index (χ3v) is 8.06. The molecule has 2 aromatic carbocycles. The predicted octanol–water partition coefficient (Wildman–Crippen LogP) is 3.71. The van der Waals surface area contributed by atoms with Gasteiger partial charge in [0.25, 0.3) is 0 Å². The number of hydrogen-bond donors (Lipinski definition) is 2. The van der Waals surface area contributed by atoms with Crippen LogP contribution in [-0.4, -0.2) is 57.2 Å². The molecule has 8 nitrogen and oxygen atoms in total. The maximum atomic E-state index is 12.5. The van der Waals surface area contributed by atoms with Crippen molar-refractivity contribution in [3.8, 4) is 11.1 Å². The number of hydrogen-bond acceptors (Lipinski definition) is 7. The molecule has 0 saturated carbocycles. The minimum absolute atomic E-state index is 0.0102. The van der Waals surface area contributed by atoms with E-state index >= 15 is 0 Å². The Kier molecular flexibility index (Phi) is 6.74. The second kappa shape index (κ2) is 10.1. The minimum Gasteiger partial charge on any atom is -0.480 e. The van der Waals surface area contributed by atoms with E-state index in [9.17, 15) is 19.5 Å². The standard InChI is InChI=1S/C25H23N3O5S2/c29-23(28-14-34-13-21(28)24(30)31)9-15-12-35-22(27-15)10-26-25(32)33-11-20-18-7-3-1-5-16(18)17-6-2-4-8-19(17)20/h1-8,12,20-21H,9-11,13-14H2,(H,26,32)(H,30,31)/t21-/m0/s1. The zero-order chi connectivity index (χ0) is 24.4. The summed E-state index contributed by atoms with van der Waals surface area (Å²) in [5.74, 6) is -0.494. The molecule has 1 aliphatic heterocycles. The molecule has 5 rings (SSSR count). The van der Waals surface area contributed by atoms with Crippen LogP contribution in [0.3, 0.4) is 0 Å². The first-order valence-electron chi connectivity index (χ1n) is 11.1. The van der Waals surface area contributed by atoms with E-state index in [1.165, 1.54) is 39.1 Å². The SMILES string of the molecule is O=C(NCc1nc(CC(=O)N2CSC[C@H]2C(=O)O)cs1)OCC1c2ccccc2-c2ccccc21. The first kappa shape index (κ1) is 23.4. The zero-order valence-corrected chi connectivity index (χ0v) is 20.3. The largest absolute Gasteiger partial charge is 0.480 e. The summed E-state index contributed by atoms with van der Waals surface area (Å²) < 4.78 is 5.54. The molecule has 35 heavy (non-hydrogen) atoms. The summed E-state index contributed by atoms with van der Waals surface area (Å²) in [6.07, 6.45) is -0.496. The molecule has 2 amide bonds. The highest BCUT2D eigenvalue weighted by Gasteiger charge is 2.34. The average molecular weight is 510 g/mol. The smallest absolute Gasteiger partial charge is 0.407 e. The van der Waals surface area contributed by atoms with Gasteiger partial charge in [0.15, 0.2) is 0 Å². The summed E-state index contributed by atoms with van der Waals surface area (Å²) in [5.41, 5.74) is 5.20. The predicted molar refractivity (Wildman–Crippen MR) is 133 cm³/mol. The second-order valence-corrected chi connectivity index (χ2v) is 10.2. The molecule has 0 bridgehead atoms. The highest BCUT2D eigenvalue weighted by molar-refractivity contribution is 7.99. The molecule has 1 atom stereocenters. The van der Waals surface area contributed by atoms with E-state index in [1.807, 2.05) is 24.3 Å². The van der Waals surface area contributed by atoms with E-state index in [4.69, 9.17) is 4.74 Å². The van der Waals surface area contributed by atoms with Crippen LogP contribution in [0.1, 0.15) is 27.7 Å². The molecule has 2 heterocycles. The van der Waals surface area contributed by atoms with Gasteiger partial charge in [-0.1, -0.05) is 48.5 Å². The molecule has 0 radical (unpaired) electrons. The van der Waals surface area contributed by atoms with Crippen LogP contribution in [0.2, 0.25) is 0 Å². The second-order valence-electron chi connectivity index (χ2n) is 8.31. The van der Waals surface area contributed by atoms with Crippen LogP contribution in [0.15, 0.2) is 53.9 Å². The topological polar surface area (TPSA) is 109 Å². The van der Waals surface area contributed by atoms with Crippen molar-refractivity contribution >= 4 is 41.1 Å². The Hall–Kier alpha value is -3.37. The lowest BCUT2D eigenvalue weighted by atomic mass is 9.98. The number of rotatable bonds is 7. The molecular weight excluding hydrogens is 486 g/mol. The van der Waals surface area contributed by atoms with Gasteiger partial charge >= 0.3 is 12.1 Å². The van der Waals surface area contributed by atoms with Crippen molar-refractivity contribution in [2.75, 3.05) is 18.2 Å². The van der Waals surface area contributed by atoms with Crippen LogP contribution in [0, 0.1) is 0 Å². The lowest BCUT2D eigenvalue weighted by molar-refractivity contribution is -0.147. The number of carboxylic acid groups (broad SMARTS) is 1. The Morgan fingerprint density at radius 1 is 1.09 bits per heavy atom. The van der Waals surface area contributed by atoms with E-state index in [2.05, 4.69) is 34.6 Å². The molecule has 1 fully saturated rings. The van der Waals surface area contributed by atoms with Gasteiger partial charge in [-0.3, -0.25) is 4.79 Å². The third kappa shape index (κ3) is 4.89. The maximum absolute atomic E-state index is 12.5. The Morgan fingerprint density at radius 3 is 2.46 bits per heavy atom. The van der Waals surface area contributed by atoms with Crippen LogP contribution in [0.25, 0.3) is 11.1 Å². The van der Waals surface area contributed by atoms with Crippen molar-refractivity contribution in [3.63, 3.8) is 0 Å². The summed E-state index contributed by atoms with van der Waals surface area (Å²) in [4.78, 5) is 42.0. The van der Waals surface area contributed by atoms with Crippen LogP contribution in [0.4, 0.5) is 4.79 Å². The zero-order valence-electron chi connectivity index (χ0n) is 18.7. The van der Waals surface area contributed by atoms with Crippen molar-refractivity contribution < 1.29 is 24.2 Å². The van der Waals surface area contributed by atoms with Gasteiger partial charge in [-0.25, -0.2) is 14.6 Å². The van der Waals surface area contributed by atoms with Gasteiger partial charge in [0, 0.05) is 17.1 Å².